The molecule has 0 aliphatic carbocycles. The minimum absolute atomic E-state index is 0.380. The molecule has 0 fully saturated rings. The second-order valence-corrected chi connectivity index (χ2v) is 4.71. The van der Waals surface area contributed by atoms with Crippen molar-refractivity contribution >= 4 is 28.6 Å². The van der Waals surface area contributed by atoms with Crippen LogP contribution in [0.1, 0.15) is 15.4 Å². The third-order valence-electron chi connectivity index (χ3n) is 1.83. The first-order chi connectivity index (χ1) is 7.22. The maximum absolute atomic E-state index is 11.3. The van der Waals surface area contributed by atoms with Crippen molar-refractivity contribution in [1.82, 2.24) is 9.97 Å². The van der Waals surface area contributed by atoms with Crippen LogP contribution in [-0.2, 0) is 4.74 Å². The van der Waals surface area contributed by atoms with Gasteiger partial charge in [-0.2, -0.15) is 0 Å². The summed E-state index contributed by atoms with van der Waals surface area (Å²) >= 11 is 2.95. The van der Waals surface area contributed by atoms with Crippen LogP contribution in [0.5, 0.6) is 0 Å². The molecule has 0 aliphatic heterocycles. The number of thiazole rings is 2. The van der Waals surface area contributed by atoms with Gasteiger partial charge in [-0.3, -0.25) is 0 Å². The summed E-state index contributed by atoms with van der Waals surface area (Å²) in [6.45, 7) is 1.85. The Labute approximate surface area is 94.6 Å². The van der Waals surface area contributed by atoms with Crippen molar-refractivity contribution in [1.29, 1.82) is 0 Å². The van der Waals surface area contributed by atoms with E-state index in [1.54, 1.807) is 5.51 Å². The van der Waals surface area contributed by atoms with E-state index < -0.39 is 5.97 Å². The van der Waals surface area contributed by atoms with Gasteiger partial charge in [-0.1, -0.05) is 0 Å². The monoisotopic (exact) mass is 240 g/mol. The van der Waals surface area contributed by atoms with Crippen LogP contribution in [0.15, 0.2) is 10.9 Å². The summed E-state index contributed by atoms with van der Waals surface area (Å²) in [5, 5.41) is 2.66. The lowest BCUT2D eigenvalue weighted by molar-refractivity contribution is 0.0594. The van der Waals surface area contributed by atoms with Gasteiger partial charge in [0.2, 0.25) is 0 Å². The number of ether oxygens (including phenoxy) is 1. The van der Waals surface area contributed by atoms with E-state index in [0.29, 0.717) is 5.69 Å². The molecule has 2 heterocycles. The van der Waals surface area contributed by atoms with E-state index in [4.69, 9.17) is 0 Å². The molecule has 0 unspecified atom stereocenters. The smallest absolute Gasteiger partial charge is 0.357 e. The zero-order valence-corrected chi connectivity index (χ0v) is 9.82. The van der Waals surface area contributed by atoms with Crippen molar-refractivity contribution in [3.05, 3.63) is 21.5 Å². The summed E-state index contributed by atoms with van der Waals surface area (Å²) in [4.78, 5) is 20.5. The molecule has 0 spiro atoms. The van der Waals surface area contributed by atoms with Gasteiger partial charge >= 0.3 is 5.97 Å². The van der Waals surface area contributed by atoms with E-state index in [0.717, 1.165) is 15.6 Å². The Balaban J connectivity index is 2.41. The number of rotatable bonds is 2. The van der Waals surface area contributed by atoms with Gasteiger partial charge in [0.1, 0.15) is 10.7 Å². The van der Waals surface area contributed by atoms with E-state index in [9.17, 15) is 4.79 Å². The molecule has 0 N–H and O–H groups in total. The minimum atomic E-state index is -0.398. The quantitative estimate of drug-likeness (QED) is 0.756. The van der Waals surface area contributed by atoms with Crippen molar-refractivity contribution in [3.63, 3.8) is 0 Å². The predicted octanol–water partition coefficient (Wildman–Crippen LogP) is 2.36. The summed E-state index contributed by atoms with van der Waals surface area (Å²) in [6.07, 6.45) is 0. The molecule has 6 heteroatoms. The molecule has 0 saturated heterocycles. The third-order valence-corrected chi connectivity index (χ3v) is 3.41. The van der Waals surface area contributed by atoms with Crippen LogP contribution in [0.4, 0.5) is 0 Å². The zero-order valence-electron chi connectivity index (χ0n) is 8.18. The zero-order chi connectivity index (χ0) is 10.8. The fraction of sp³-hybridized carbons (Fsp3) is 0.222. The summed E-state index contributed by atoms with van der Waals surface area (Å²) < 4.78 is 4.64. The molecule has 0 radical (unpaired) electrons. The van der Waals surface area contributed by atoms with E-state index in [2.05, 4.69) is 14.7 Å². The number of carbonyl (C=O) groups is 1. The summed E-state index contributed by atoms with van der Waals surface area (Å²) in [5.41, 5.74) is 2.93. The molecule has 78 valence electrons. The SMILES string of the molecule is COC(=O)c1nc(-c2cscn2)sc1C. The van der Waals surface area contributed by atoms with Gasteiger partial charge in [-0.25, -0.2) is 14.8 Å². The fourth-order valence-electron chi connectivity index (χ4n) is 1.11. The summed E-state index contributed by atoms with van der Waals surface area (Å²) in [7, 11) is 1.35. The lowest BCUT2D eigenvalue weighted by atomic mass is 10.4. The molecule has 15 heavy (non-hydrogen) atoms. The van der Waals surface area contributed by atoms with Crippen molar-refractivity contribution in [2.75, 3.05) is 7.11 Å². The first-order valence-corrected chi connectivity index (χ1v) is 5.92. The lowest BCUT2D eigenvalue weighted by Crippen LogP contribution is -2.03. The maximum atomic E-state index is 11.3. The normalized spacial score (nSPS) is 10.3. The average molecular weight is 240 g/mol. The number of nitrogens with zero attached hydrogens (tertiary/aromatic N) is 2. The van der Waals surface area contributed by atoms with Gasteiger partial charge in [0.15, 0.2) is 5.69 Å². The molecule has 0 aliphatic rings. The summed E-state index contributed by atoms with van der Waals surface area (Å²) in [5.74, 6) is -0.398. The van der Waals surface area contributed by atoms with Crippen LogP contribution in [0.3, 0.4) is 0 Å². The van der Waals surface area contributed by atoms with Gasteiger partial charge in [0.25, 0.3) is 0 Å². The number of carbonyl (C=O) groups excluding carboxylic acids is 1. The van der Waals surface area contributed by atoms with Crippen molar-refractivity contribution < 1.29 is 9.53 Å². The van der Waals surface area contributed by atoms with E-state index in [1.807, 2.05) is 12.3 Å². The van der Waals surface area contributed by atoms with Crippen LogP contribution in [-0.4, -0.2) is 23.0 Å². The molecule has 2 aromatic rings. The number of aromatic nitrogens is 2. The molecule has 2 aromatic heterocycles. The number of hydrogen-bond acceptors (Lipinski definition) is 6. The van der Waals surface area contributed by atoms with E-state index in [1.165, 1.54) is 29.8 Å². The van der Waals surface area contributed by atoms with Gasteiger partial charge in [-0.15, -0.1) is 22.7 Å². The highest BCUT2D eigenvalue weighted by atomic mass is 32.1. The Bertz CT molecular complexity index is 476. The number of aryl methyl sites for hydroxylation is 1. The molecule has 4 nitrogen and oxygen atoms in total. The van der Waals surface area contributed by atoms with Crippen molar-refractivity contribution in [3.8, 4) is 10.7 Å². The minimum Gasteiger partial charge on any atom is -0.464 e. The third kappa shape index (κ3) is 1.91. The van der Waals surface area contributed by atoms with E-state index >= 15 is 0 Å². The first-order valence-electron chi connectivity index (χ1n) is 4.16. The molecule has 0 amide bonds. The molecule has 0 saturated carbocycles. The Kier molecular flexibility index (Phi) is 2.79. The first kappa shape index (κ1) is 10.3. The largest absolute Gasteiger partial charge is 0.464 e. The Morgan fingerprint density at radius 3 is 2.93 bits per heavy atom. The lowest BCUT2D eigenvalue weighted by Gasteiger charge is -1.93. The highest BCUT2D eigenvalue weighted by Gasteiger charge is 2.17. The maximum Gasteiger partial charge on any atom is 0.357 e. The van der Waals surface area contributed by atoms with Gasteiger partial charge in [0, 0.05) is 10.3 Å². The average Bonchev–Trinajstić information content (AvgIpc) is 2.84. The topological polar surface area (TPSA) is 52.1 Å². The number of hydrogen-bond donors (Lipinski definition) is 0. The second-order valence-electron chi connectivity index (χ2n) is 2.79. The van der Waals surface area contributed by atoms with Gasteiger partial charge in [0.05, 0.1) is 12.6 Å². The van der Waals surface area contributed by atoms with Crippen LogP contribution >= 0.6 is 22.7 Å². The van der Waals surface area contributed by atoms with Gasteiger partial charge < -0.3 is 4.74 Å². The Morgan fingerprint density at radius 1 is 1.53 bits per heavy atom. The number of esters is 1. The second kappa shape index (κ2) is 4.08. The van der Waals surface area contributed by atoms with Crippen LogP contribution < -0.4 is 0 Å². The van der Waals surface area contributed by atoms with Gasteiger partial charge in [-0.05, 0) is 6.92 Å². The standard InChI is InChI=1S/C9H8N2O2S2/c1-5-7(9(12)13-2)11-8(15-5)6-3-14-4-10-6/h3-4H,1-2H3. The molecule has 0 aromatic carbocycles. The Morgan fingerprint density at radius 2 is 2.33 bits per heavy atom. The molecular formula is C9H8N2O2S2. The summed E-state index contributed by atoms with van der Waals surface area (Å²) in [6, 6.07) is 0. The van der Waals surface area contributed by atoms with Crippen molar-refractivity contribution in [2.45, 2.75) is 6.92 Å². The van der Waals surface area contributed by atoms with Crippen molar-refractivity contribution in [2.24, 2.45) is 0 Å². The van der Waals surface area contributed by atoms with E-state index in [-0.39, 0.29) is 0 Å². The Hall–Kier alpha value is -1.27. The van der Waals surface area contributed by atoms with Crippen LogP contribution in [0.2, 0.25) is 0 Å². The molecular weight excluding hydrogens is 232 g/mol. The molecule has 0 atom stereocenters. The highest BCUT2D eigenvalue weighted by Crippen LogP contribution is 2.27. The van der Waals surface area contributed by atoms with Crippen LogP contribution in [0.25, 0.3) is 10.7 Å². The highest BCUT2D eigenvalue weighted by molar-refractivity contribution is 7.15. The number of methoxy groups -OCH3 is 1. The molecule has 2 rings (SSSR count). The fourth-order valence-corrected chi connectivity index (χ4v) is 2.59. The predicted molar refractivity (Wildman–Crippen MR) is 59.3 cm³/mol. The molecule has 0 bridgehead atoms. The van der Waals surface area contributed by atoms with Crippen LogP contribution in [0, 0.1) is 6.92 Å².